The molecule has 1 aliphatic rings. The zero-order valence-corrected chi connectivity index (χ0v) is 15.5. The molecule has 1 fully saturated rings. The molecule has 1 unspecified atom stereocenters. The quantitative estimate of drug-likeness (QED) is 0.525. The summed E-state index contributed by atoms with van der Waals surface area (Å²) < 4.78 is 9.91. The van der Waals surface area contributed by atoms with Gasteiger partial charge >= 0.3 is 18.0 Å². The van der Waals surface area contributed by atoms with E-state index in [1.165, 1.54) is 12.0 Å². The molecule has 1 amide bonds. The van der Waals surface area contributed by atoms with Gasteiger partial charge in [0.2, 0.25) is 0 Å². The van der Waals surface area contributed by atoms with Crippen LogP contribution in [0.4, 0.5) is 4.79 Å². The molecule has 1 heterocycles. The molecular weight excluding hydrogens is 352 g/mol. The van der Waals surface area contributed by atoms with Gasteiger partial charge < -0.3 is 19.9 Å². The number of nitrogens with zero attached hydrogens (tertiary/aromatic N) is 1. The molecule has 1 aromatic carbocycles. The molecule has 1 atom stereocenters. The van der Waals surface area contributed by atoms with Crippen molar-refractivity contribution in [1.29, 1.82) is 0 Å². The monoisotopic (exact) mass is 378 g/mol. The highest BCUT2D eigenvalue weighted by molar-refractivity contribution is 5.84. The van der Waals surface area contributed by atoms with E-state index < -0.39 is 23.6 Å². The summed E-state index contributed by atoms with van der Waals surface area (Å²) in [6, 6.07) is 9.24. The van der Waals surface area contributed by atoms with E-state index in [1.807, 2.05) is 30.3 Å². The number of likely N-dealkylation sites (tertiary alicyclic amines) is 1. The summed E-state index contributed by atoms with van der Waals surface area (Å²) in [4.78, 5) is 37.2. The van der Waals surface area contributed by atoms with Gasteiger partial charge in [-0.2, -0.15) is 0 Å². The number of aliphatic carboxylic acids is 1. The number of ether oxygens (including phenoxy) is 2. The van der Waals surface area contributed by atoms with E-state index >= 15 is 0 Å². The van der Waals surface area contributed by atoms with Gasteiger partial charge in [0.25, 0.3) is 0 Å². The molecule has 0 bridgehead atoms. The zero-order valence-electron chi connectivity index (χ0n) is 15.5. The first-order valence-electron chi connectivity index (χ1n) is 8.99. The maximum absolute atomic E-state index is 12.6. The summed E-state index contributed by atoms with van der Waals surface area (Å²) in [5.74, 6) is -1.49. The smallest absolute Gasteiger partial charge is 0.411 e. The normalized spacial score (nSPS) is 19.4. The van der Waals surface area contributed by atoms with Crippen molar-refractivity contribution in [2.75, 3.05) is 26.7 Å². The third-order valence-electron chi connectivity index (χ3n) is 4.77. The highest BCUT2D eigenvalue weighted by Gasteiger charge is 2.48. The number of methoxy groups -OCH3 is 1. The first-order valence-corrected chi connectivity index (χ1v) is 8.99. The number of carbonyl (C=O) groups is 3. The summed E-state index contributed by atoms with van der Waals surface area (Å²) in [7, 11) is 1.29. The maximum Gasteiger partial charge on any atom is 0.411 e. The summed E-state index contributed by atoms with van der Waals surface area (Å²) in [6.45, 7) is 0.678. The Balaban J connectivity index is 2.02. The summed E-state index contributed by atoms with van der Waals surface area (Å²) in [5, 5.41) is 12.7. The van der Waals surface area contributed by atoms with Crippen molar-refractivity contribution in [3.05, 3.63) is 35.9 Å². The lowest BCUT2D eigenvalue weighted by Gasteiger charge is -2.43. The highest BCUT2D eigenvalue weighted by atomic mass is 16.6. The van der Waals surface area contributed by atoms with Gasteiger partial charge in [0.1, 0.15) is 12.1 Å². The Bertz CT molecular complexity index is 651. The van der Waals surface area contributed by atoms with E-state index in [1.54, 1.807) is 0 Å². The van der Waals surface area contributed by atoms with Crippen molar-refractivity contribution in [2.45, 2.75) is 37.8 Å². The van der Waals surface area contributed by atoms with Gasteiger partial charge in [-0.15, -0.1) is 0 Å². The SMILES string of the molecule is COC(=O)CNCCC1(C(=O)O)CCCCN1C(=O)OCc1ccccc1. The van der Waals surface area contributed by atoms with Crippen LogP contribution in [0.3, 0.4) is 0 Å². The Labute approximate surface area is 158 Å². The average molecular weight is 378 g/mol. The first kappa shape index (κ1) is 20.7. The van der Waals surface area contributed by atoms with Gasteiger partial charge in [-0.1, -0.05) is 30.3 Å². The minimum atomic E-state index is -1.34. The Morgan fingerprint density at radius 1 is 1.22 bits per heavy atom. The van der Waals surface area contributed by atoms with E-state index in [0.29, 0.717) is 19.4 Å². The van der Waals surface area contributed by atoms with Gasteiger partial charge in [0.05, 0.1) is 13.7 Å². The molecule has 0 aromatic heterocycles. The number of hydrogen-bond donors (Lipinski definition) is 2. The standard InChI is InChI=1S/C19H26N2O6/c1-26-16(22)13-20-11-10-19(17(23)24)9-5-6-12-21(19)18(25)27-14-15-7-3-2-4-8-15/h2-4,7-8,20H,5-6,9-14H2,1H3,(H,23,24). The number of benzene rings is 1. The molecule has 0 radical (unpaired) electrons. The number of carboxylic acids is 1. The molecule has 1 aromatic rings. The van der Waals surface area contributed by atoms with Crippen LogP contribution in [0.25, 0.3) is 0 Å². The highest BCUT2D eigenvalue weighted by Crippen LogP contribution is 2.32. The number of esters is 1. The van der Waals surface area contributed by atoms with Crippen LogP contribution >= 0.6 is 0 Å². The minimum absolute atomic E-state index is 0.00927. The predicted molar refractivity (Wildman–Crippen MR) is 97.1 cm³/mol. The van der Waals surface area contributed by atoms with Crippen LogP contribution in [0.2, 0.25) is 0 Å². The van der Waals surface area contributed by atoms with Crippen LogP contribution in [0.5, 0.6) is 0 Å². The number of amides is 1. The maximum atomic E-state index is 12.6. The largest absolute Gasteiger partial charge is 0.479 e. The topological polar surface area (TPSA) is 105 Å². The van der Waals surface area contributed by atoms with Crippen LogP contribution in [0.1, 0.15) is 31.2 Å². The molecular formula is C19H26N2O6. The lowest BCUT2D eigenvalue weighted by Crippen LogP contribution is -2.60. The van der Waals surface area contributed by atoms with E-state index in [2.05, 4.69) is 10.1 Å². The molecule has 8 heteroatoms. The van der Waals surface area contributed by atoms with E-state index in [9.17, 15) is 19.5 Å². The molecule has 27 heavy (non-hydrogen) atoms. The summed E-state index contributed by atoms with van der Waals surface area (Å²) >= 11 is 0. The second-order valence-corrected chi connectivity index (χ2v) is 6.49. The fourth-order valence-electron chi connectivity index (χ4n) is 3.25. The molecule has 2 rings (SSSR count). The number of carbonyl (C=O) groups excluding carboxylic acids is 2. The molecule has 8 nitrogen and oxygen atoms in total. The van der Waals surface area contributed by atoms with Gasteiger partial charge in [0.15, 0.2) is 0 Å². The van der Waals surface area contributed by atoms with E-state index in [4.69, 9.17) is 4.74 Å². The lowest BCUT2D eigenvalue weighted by molar-refractivity contribution is -0.153. The van der Waals surface area contributed by atoms with Gasteiger partial charge in [-0.25, -0.2) is 9.59 Å². The van der Waals surface area contributed by atoms with Gasteiger partial charge in [-0.05, 0) is 37.8 Å². The van der Waals surface area contributed by atoms with Gasteiger partial charge in [-0.3, -0.25) is 9.69 Å². The van der Waals surface area contributed by atoms with Gasteiger partial charge in [0, 0.05) is 6.54 Å². The second-order valence-electron chi connectivity index (χ2n) is 6.49. The Morgan fingerprint density at radius 2 is 1.96 bits per heavy atom. The van der Waals surface area contributed by atoms with Crippen LogP contribution in [-0.4, -0.2) is 60.3 Å². The number of nitrogens with one attached hydrogen (secondary N) is 1. The fraction of sp³-hybridized carbons (Fsp3) is 0.526. The van der Waals surface area contributed by atoms with Crippen LogP contribution in [-0.2, 0) is 25.7 Å². The summed E-state index contributed by atoms with van der Waals surface area (Å²) in [6.07, 6.45) is 1.34. The number of hydrogen-bond acceptors (Lipinski definition) is 6. The van der Waals surface area contributed by atoms with Crippen molar-refractivity contribution in [3.8, 4) is 0 Å². The Morgan fingerprint density at radius 3 is 2.63 bits per heavy atom. The fourth-order valence-corrected chi connectivity index (χ4v) is 3.25. The molecule has 148 valence electrons. The van der Waals surface area contributed by atoms with Crippen molar-refractivity contribution >= 4 is 18.0 Å². The predicted octanol–water partition coefficient (Wildman–Crippen LogP) is 1.79. The minimum Gasteiger partial charge on any atom is -0.479 e. The third kappa shape index (κ3) is 5.43. The van der Waals surface area contributed by atoms with Crippen LogP contribution < -0.4 is 5.32 Å². The van der Waals surface area contributed by atoms with Crippen LogP contribution in [0.15, 0.2) is 30.3 Å². The Hall–Kier alpha value is -2.61. The zero-order chi connectivity index (χ0) is 19.7. The number of piperidine rings is 1. The van der Waals surface area contributed by atoms with E-state index in [0.717, 1.165) is 12.0 Å². The molecule has 1 aliphatic heterocycles. The molecule has 0 saturated carbocycles. The molecule has 2 N–H and O–H groups in total. The number of rotatable bonds is 8. The van der Waals surface area contributed by atoms with Crippen molar-refractivity contribution < 1.29 is 29.0 Å². The number of carboxylic acid groups (broad SMARTS) is 1. The van der Waals surface area contributed by atoms with Crippen molar-refractivity contribution in [3.63, 3.8) is 0 Å². The average Bonchev–Trinajstić information content (AvgIpc) is 2.70. The molecule has 0 aliphatic carbocycles. The Kier molecular flexibility index (Phi) is 7.60. The third-order valence-corrected chi connectivity index (χ3v) is 4.77. The summed E-state index contributed by atoms with van der Waals surface area (Å²) in [5.41, 5.74) is -0.502. The first-order chi connectivity index (χ1) is 13.0. The van der Waals surface area contributed by atoms with E-state index in [-0.39, 0.29) is 26.1 Å². The second kappa shape index (κ2) is 9.91. The lowest BCUT2D eigenvalue weighted by atomic mass is 9.84. The molecule has 1 saturated heterocycles. The van der Waals surface area contributed by atoms with Crippen molar-refractivity contribution in [1.82, 2.24) is 10.2 Å². The molecule has 0 spiro atoms. The van der Waals surface area contributed by atoms with Crippen LogP contribution in [0, 0.1) is 0 Å². The van der Waals surface area contributed by atoms with Crippen molar-refractivity contribution in [2.24, 2.45) is 0 Å².